The molecule has 0 spiro atoms. The van der Waals surface area contributed by atoms with Gasteiger partial charge < -0.3 is 9.88 Å². The molecule has 0 unspecified atom stereocenters. The fraction of sp³-hybridized carbons (Fsp3) is 0.273. The first kappa shape index (κ1) is 13.3. The van der Waals surface area contributed by atoms with Gasteiger partial charge in [0.05, 0.1) is 4.92 Å². The molecular weight excluding hydrogens is 266 g/mol. The number of nitro groups is 1. The van der Waals surface area contributed by atoms with Crippen LogP contribution in [0.3, 0.4) is 0 Å². The molecule has 0 aliphatic carbocycles. The number of hydrogen-bond acceptors (Lipinski definition) is 6. The number of aromatic nitrogens is 3. The van der Waals surface area contributed by atoms with Crippen molar-refractivity contribution in [2.75, 3.05) is 12.4 Å². The van der Waals surface area contributed by atoms with Crippen molar-refractivity contribution in [3.63, 3.8) is 0 Å². The maximum absolute atomic E-state index is 10.9. The van der Waals surface area contributed by atoms with Crippen LogP contribution in [0.25, 0.3) is 0 Å². The second-order valence-corrected chi connectivity index (χ2v) is 4.95. The monoisotopic (exact) mass is 279 g/mol. The zero-order valence-electron chi connectivity index (χ0n) is 10.7. The van der Waals surface area contributed by atoms with E-state index in [1.165, 1.54) is 23.9 Å². The summed E-state index contributed by atoms with van der Waals surface area (Å²) in [5.41, 5.74) is 0.740. The highest BCUT2D eigenvalue weighted by Gasteiger charge is 2.13. The smallest absolute Gasteiger partial charge is 0.272 e. The van der Waals surface area contributed by atoms with Crippen molar-refractivity contribution in [3.8, 4) is 0 Å². The molecule has 7 nitrogen and oxygen atoms in total. The molecule has 1 N–H and O–H groups in total. The Morgan fingerprint density at radius 1 is 1.37 bits per heavy atom. The quantitative estimate of drug-likeness (QED) is 0.682. The van der Waals surface area contributed by atoms with Crippen LogP contribution in [0.15, 0.2) is 28.3 Å². The Morgan fingerprint density at radius 3 is 2.63 bits per heavy atom. The van der Waals surface area contributed by atoms with E-state index < -0.39 is 4.92 Å². The maximum Gasteiger partial charge on any atom is 0.272 e. The fourth-order valence-electron chi connectivity index (χ4n) is 1.47. The molecular formula is C11H13N5O2S. The minimum absolute atomic E-state index is 0.0493. The largest absolute Gasteiger partial charge is 0.388 e. The van der Waals surface area contributed by atoms with Crippen LogP contribution in [0, 0.1) is 17.0 Å². The van der Waals surface area contributed by atoms with Gasteiger partial charge in [-0.05, 0) is 24.8 Å². The molecule has 0 fully saturated rings. The van der Waals surface area contributed by atoms with Crippen LogP contribution < -0.4 is 5.32 Å². The standard InChI is InChI=1S/C11H13N5O2S/c1-7-13-14-11(15(7)3)19-10-5-8(12-2)4-9(6-10)16(17)18/h4-6,12H,1-3H3. The highest BCUT2D eigenvalue weighted by Crippen LogP contribution is 2.31. The third-order valence-electron chi connectivity index (χ3n) is 2.65. The van der Waals surface area contributed by atoms with E-state index in [2.05, 4.69) is 15.5 Å². The van der Waals surface area contributed by atoms with Crippen LogP contribution in [-0.4, -0.2) is 26.7 Å². The summed E-state index contributed by atoms with van der Waals surface area (Å²) in [7, 11) is 3.58. The van der Waals surface area contributed by atoms with E-state index in [1.807, 2.05) is 24.6 Å². The maximum atomic E-state index is 10.9. The first-order valence-electron chi connectivity index (χ1n) is 5.52. The summed E-state index contributed by atoms with van der Waals surface area (Å²) >= 11 is 1.34. The Labute approximate surface area is 114 Å². The molecule has 1 aromatic heterocycles. The normalized spacial score (nSPS) is 10.5. The number of nitrogens with one attached hydrogen (secondary N) is 1. The van der Waals surface area contributed by atoms with Crippen LogP contribution in [0.1, 0.15) is 5.82 Å². The lowest BCUT2D eigenvalue weighted by Gasteiger charge is -2.05. The SMILES string of the molecule is CNc1cc(Sc2nnc(C)n2C)cc([N+](=O)[O-])c1. The predicted molar refractivity (Wildman–Crippen MR) is 72.5 cm³/mol. The zero-order valence-corrected chi connectivity index (χ0v) is 11.6. The van der Waals surface area contributed by atoms with Crippen LogP contribution >= 0.6 is 11.8 Å². The average molecular weight is 279 g/mol. The van der Waals surface area contributed by atoms with E-state index in [0.29, 0.717) is 10.8 Å². The van der Waals surface area contributed by atoms with Gasteiger partial charge in [0, 0.05) is 36.8 Å². The molecule has 1 aromatic carbocycles. The van der Waals surface area contributed by atoms with E-state index in [4.69, 9.17) is 0 Å². The van der Waals surface area contributed by atoms with Crippen molar-refractivity contribution in [2.45, 2.75) is 17.0 Å². The molecule has 0 aliphatic heterocycles. The fourth-order valence-corrected chi connectivity index (χ4v) is 2.40. The Morgan fingerprint density at radius 2 is 2.11 bits per heavy atom. The van der Waals surface area contributed by atoms with Crippen LogP contribution in [0.4, 0.5) is 11.4 Å². The van der Waals surface area contributed by atoms with Crippen molar-refractivity contribution in [2.24, 2.45) is 7.05 Å². The lowest BCUT2D eigenvalue weighted by molar-refractivity contribution is -0.385. The molecule has 0 aliphatic rings. The molecule has 0 atom stereocenters. The summed E-state index contributed by atoms with van der Waals surface area (Å²) in [6.07, 6.45) is 0. The van der Waals surface area contributed by atoms with Crippen molar-refractivity contribution < 1.29 is 4.92 Å². The van der Waals surface area contributed by atoms with Gasteiger partial charge in [0.1, 0.15) is 5.82 Å². The summed E-state index contributed by atoms with van der Waals surface area (Å²) in [6.45, 7) is 1.85. The number of rotatable bonds is 4. The lowest BCUT2D eigenvalue weighted by Crippen LogP contribution is -1.95. The molecule has 0 amide bonds. The van der Waals surface area contributed by atoms with Gasteiger partial charge in [0.2, 0.25) is 0 Å². The third kappa shape index (κ3) is 2.84. The van der Waals surface area contributed by atoms with Gasteiger partial charge in [0.25, 0.3) is 5.69 Å². The molecule has 0 saturated heterocycles. The number of anilines is 1. The number of nitro benzene ring substituents is 1. The van der Waals surface area contributed by atoms with E-state index in [9.17, 15) is 10.1 Å². The Kier molecular flexibility index (Phi) is 3.70. The lowest BCUT2D eigenvalue weighted by atomic mass is 10.3. The Bertz CT molecular complexity index is 626. The summed E-state index contributed by atoms with van der Waals surface area (Å²) in [4.78, 5) is 11.2. The van der Waals surface area contributed by atoms with Gasteiger partial charge in [-0.1, -0.05) is 0 Å². The molecule has 2 aromatic rings. The minimum atomic E-state index is -0.410. The molecule has 1 heterocycles. The number of aryl methyl sites for hydroxylation is 1. The number of non-ortho nitro benzene ring substituents is 1. The Hall–Kier alpha value is -2.09. The van der Waals surface area contributed by atoms with Crippen molar-refractivity contribution >= 4 is 23.1 Å². The molecule has 0 radical (unpaired) electrons. The van der Waals surface area contributed by atoms with Crippen molar-refractivity contribution in [1.82, 2.24) is 14.8 Å². The van der Waals surface area contributed by atoms with Crippen LogP contribution in [-0.2, 0) is 7.05 Å². The van der Waals surface area contributed by atoms with E-state index in [1.54, 1.807) is 7.05 Å². The van der Waals surface area contributed by atoms with Gasteiger partial charge in [-0.15, -0.1) is 10.2 Å². The van der Waals surface area contributed by atoms with E-state index in [-0.39, 0.29) is 5.69 Å². The molecule has 19 heavy (non-hydrogen) atoms. The van der Waals surface area contributed by atoms with Crippen LogP contribution in [0.2, 0.25) is 0 Å². The molecule has 2 rings (SSSR count). The summed E-state index contributed by atoms with van der Waals surface area (Å²) < 4.78 is 1.84. The van der Waals surface area contributed by atoms with Gasteiger partial charge in [-0.3, -0.25) is 10.1 Å². The van der Waals surface area contributed by atoms with Gasteiger partial charge in [-0.25, -0.2) is 0 Å². The van der Waals surface area contributed by atoms with Gasteiger partial charge in [-0.2, -0.15) is 0 Å². The van der Waals surface area contributed by atoms with Crippen LogP contribution in [0.5, 0.6) is 0 Å². The number of benzene rings is 1. The summed E-state index contributed by atoms with van der Waals surface area (Å²) in [6, 6.07) is 4.85. The topological polar surface area (TPSA) is 85.9 Å². The van der Waals surface area contributed by atoms with Crippen molar-refractivity contribution in [3.05, 3.63) is 34.1 Å². The number of nitrogens with zero attached hydrogens (tertiary/aromatic N) is 4. The second kappa shape index (κ2) is 5.27. The summed E-state index contributed by atoms with van der Waals surface area (Å²) in [5.74, 6) is 0.793. The molecule has 100 valence electrons. The van der Waals surface area contributed by atoms with E-state index in [0.717, 1.165) is 10.7 Å². The molecule has 8 heteroatoms. The Balaban J connectivity index is 2.36. The van der Waals surface area contributed by atoms with Crippen molar-refractivity contribution in [1.29, 1.82) is 0 Å². The first-order chi connectivity index (χ1) is 9.01. The number of hydrogen-bond donors (Lipinski definition) is 1. The first-order valence-corrected chi connectivity index (χ1v) is 6.34. The third-order valence-corrected chi connectivity index (χ3v) is 3.66. The van der Waals surface area contributed by atoms with Gasteiger partial charge in [0.15, 0.2) is 5.16 Å². The average Bonchev–Trinajstić information content (AvgIpc) is 2.70. The second-order valence-electron chi connectivity index (χ2n) is 3.91. The zero-order chi connectivity index (χ0) is 14.0. The predicted octanol–water partition coefficient (Wildman–Crippen LogP) is 2.22. The minimum Gasteiger partial charge on any atom is -0.388 e. The molecule has 0 bridgehead atoms. The highest BCUT2D eigenvalue weighted by atomic mass is 32.2. The summed E-state index contributed by atoms with van der Waals surface area (Å²) in [5, 5.41) is 22.5. The molecule has 0 saturated carbocycles. The van der Waals surface area contributed by atoms with Gasteiger partial charge >= 0.3 is 0 Å². The highest BCUT2D eigenvalue weighted by molar-refractivity contribution is 7.99. The van der Waals surface area contributed by atoms with E-state index >= 15 is 0 Å².